The Morgan fingerprint density at radius 3 is 2.57 bits per heavy atom. The van der Waals surface area contributed by atoms with E-state index in [0.29, 0.717) is 6.42 Å². The maximum Gasteiger partial charge on any atom is 0.247 e. The molecule has 0 bridgehead atoms. The quantitative estimate of drug-likeness (QED) is 0.746. The molecule has 110 valence electrons. The van der Waals surface area contributed by atoms with Crippen molar-refractivity contribution in [2.24, 2.45) is 4.99 Å². The lowest BCUT2D eigenvalue weighted by Gasteiger charge is -2.07. The van der Waals surface area contributed by atoms with E-state index in [2.05, 4.69) is 24.0 Å². The van der Waals surface area contributed by atoms with Crippen molar-refractivity contribution in [3.63, 3.8) is 0 Å². The van der Waals surface area contributed by atoms with Gasteiger partial charge in [-0.1, -0.05) is 56.2 Å². The largest absolute Gasteiger partial charge is 0.329 e. The van der Waals surface area contributed by atoms with E-state index in [9.17, 15) is 4.79 Å². The normalized spacial score (nSPS) is 11.6. The van der Waals surface area contributed by atoms with Crippen LogP contribution in [0.4, 0.5) is 0 Å². The number of aromatic nitrogens is 1. The maximum absolute atomic E-state index is 11.9. The van der Waals surface area contributed by atoms with Crippen molar-refractivity contribution in [2.75, 3.05) is 0 Å². The molecule has 1 aromatic heterocycles. The van der Waals surface area contributed by atoms with Crippen molar-refractivity contribution < 1.29 is 4.79 Å². The average molecular weight is 282 g/mol. The van der Waals surface area contributed by atoms with Crippen LogP contribution in [0.5, 0.6) is 0 Å². The molecule has 0 aliphatic heterocycles. The fourth-order valence-electron chi connectivity index (χ4n) is 2.19. The van der Waals surface area contributed by atoms with Gasteiger partial charge in [0.15, 0.2) is 0 Å². The van der Waals surface area contributed by atoms with E-state index in [-0.39, 0.29) is 5.91 Å². The molecule has 0 aliphatic rings. The Morgan fingerprint density at radius 1 is 1.05 bits per heavy atom. The molecule has 1 aromatic carbocycles. The van der Waals surface area contributed by atoms with E-state index >= 15 is 0 Å². The summed E-state index contributed by atoms with van der Waals surface area (Å²) in [4.78, 5) is 16.2. The third kappa shape index (κ3) is 5.03. The SMILES string of the molecule is CCCCCC(=O)N=c1ccccn1Cc1ccccc1. The van der Waals surface area contributed by atoms with Crippen LogP contribution in [-0.2, 0) is 11.3 Å². The minimum Gasteiger partial charge on any atom is -0.329 e. The molecular weight excluding hydrogens is 260 g/mol. The van der Waals surface area contributed by atoms with Gasteiger partial charge in [0.2, 0.25) is 5.91 Å². The Kier molecular flexibility index (Phi) is 5.95. The highest BCUT2D eigenvalue weighted by molar-refractivity contribution is 5.76. The van der Waals surface area contributed by atoms with Crippen LogP contribution >= 0.6 is 0 Å². The number of rotatable bonds is 6. The molecule has 0 saturated heterocycles. The summed E-state index contributed by atoms with van der Waals surface area (Å²) in [6.45, 7) is 2.86. The van der Waals surface area contributed by atoms with Gasteiger partial charge in [-0.25, -0.2) is 0 Å². The van der Waals surface area contributed by atoms with Gasteiger partial charge in [-0.15, -0.1) is 0 Å². The summed E-state index contributed by atoms with van der Waals surface area (Å²) in [5, 5.41) is 0. The lowest BCUT2D eigenvalue weighted by Crippen LogP contribution is -2.22. The summed E-state index contributed by atoms with van der Waals surface area (Å²) in [6, 6.07) is 16.0. The number of hydrogen-bond donors (Lipinski definition) is 0. The van der Waals surface area contributed by atoms with Crippen molar-refractivity contribution in [1.82, 2.24) is 4.57 Å². The van der Waals surface area contributed by atoms with Crippen molar-refractivity contribution in [2.45, 2.75) is 39.2 Å². The first-order chi connectivity index (χ1) is 10.3. The van der Waals surface area contributed by atoms with Gasteiger partial charge in [0, 0.05) is 19.2 Å². The number of carbonyl (C=O) groups is 1. The first kappa shape index (κ1) is 15.2. The smallest absolute Gasteiger partial charge is 0.247 e. The fraction of sp³-hybridized carbons (Fsp3) is 0.333. The van der Waals surface area contributed by atoms with E-state index < -0.39 is 0 Å². The predicted octanol–water partition coefficient (Wildman–Crippen LogP) is 3.54. The van der Waals surface area contributed by atoms with E-state index in [4.69, 9.17) is 0 Å². The lowest BCUT2D eigenvalue weighted by atomic mass is 10.2. The van der Waals surface area contributed by atoms with Crippen molar-refractivity contribution >= 4 is 5.91 Å². The molecule has 0 atom stereocenters. The summed E-state index contributed by atoms with van der Waals surface area (Å²) < 4.78 is 2.01. The molecule has 1 heterocycles. The summed E-state index contributed by atoms with van der Waals surface area (Å²) >= 11 is 0. The number of pyridine rings is 1. The zero-order valence-electron chi connectivity index (χ0n) is 12.5. The number of nitrogens with zero attached hydrogens (tertiary/aromatic N) is 2. The number of amides is 1. The van der Waals surface area contributed by atoms with Crippen molar-refractivity contribution in [3.8, 4) is 0 Å². The van der Waals surface area contributed by atoms with E-state index in [1.807, 2.05) is 47.2 Å². The topological polar surface area (TPSA) is 34.4 Å². The summed E-state index contributed by atoms with van der Waals surface area (Å²) in [6.07, 6.45) is 5.62. The molecule has 3 heteroatoms. The minimum absolute atomic E-state index is 0.0311. The molecule has 0 unspecified atom stereocenters. The van der Waals surface area contributed by atoms with Gasteiger partial charge in [0.25, 0.3) is 0 Å². The summed E-state index contributed by atoms with van der Waals surface area (Å²) in [5.74, 6) is -0.0311. The number of hydrogen-bond acceptors (Lipinski definition) is 1. The summed E-state index contributed by atoms with van der Waals surface area (Å²) in [5.41, 5.74) is 1.92. The van der Waals surface area contributed by atoms with Crippen LogP contribution in [0.1, 0.15) is 38.2 Å². The minimum atomic E-state index is -0.0311. The van der Waals surface area contributed by atoms with Crippen molar-refractivity contribution in [1.29, 1.82) is 0 Å². The molecule has 0 spiro atoms. The Labute approximate surface area is 126 Å². The lowest BCUT2D eigenvalue weighted by molar-refractivity contribution is -0.118. The Hall–Kier alpha value is -2.16. The second-order valence-corrected chi connectivity index (χ2v) is 5.13. The first-order valence-electron chi connectivity index (χ1n) is 7.56. The van der Waals surface area contributed by atoms with Crippen LogP contribution in [-0.4, -0.2) is 10.5 Å². The molecule has 0 aliphatic carbocycles. The summed E-state index contributed by atoms with van der Waals surface area (Å²) in [7, 11) is 0. The third-order valence-electron chi connectivity index (χ3n) is 3.35. The fourth-order valence-corrected chi connectivity index (χ4v) is 2.19. The van der Waals surface area contributed by atoms with Crippen LogP contribution < -0.4 is 5.49 Å². The Balaban J connectivity index is 2.14. The molecule has 2 aromatic rings. The second-order valence-electron chi connectivity index (χ2n) is 5.13. The van der Waals surface area contributed by atoms with Gasteiger partial charge in [0.05, 0.1) is 0 Å². The Bertz CT molecular complexity index is 629. The number of unbranched alkanes of at least 4 members (excludes halogenated alkanes) is 2. The standard InChI is InChI=1S/C18H22N2O/c1-2-3-5-13-18(21)19-17-12-8-9-14-20(17)15-16-10-6-4-7-11-16/h4,6-12,14H,2-3,5,13,15H2,1H3. The zero-order valence-corrected chi connectivity index (χ0v) is 12.5. The number of carbonyl (C=O) groups excluding carboxylic acids is 1. The molecular formula is C18H22N2O. The van der Waals surface area contributed by atoms with Crippen molar-refractivity contribution in [3.05, 3.63) is 65.8 Å². The van der Waals surface area contributed by atoms with Gasteiger partial charge in [-0.05, 0) is 24.1 Å². The van der Waals surface area contributed by atoms with Gasteiger partial charge in [0.1, 0.15) is 5.49 Å². The highest BCUT2D eigenvalue weighted by Crippen LogP contribution is 2.01. The molecule has 2 rings (SSSR count). The van der Waals surface area contributed by atoms with Gasteiger partial charge in [-0.3, -0.25) is 4.79 Å². The Morgan fingerprint density at radius 2 is 1.81 bits per heavy atom. The van der Waals surface area contributed by atoms with Gasteiger partial charge >= 0.3 is 0 Å². The molecule has 0 radical (unpaired) electrons. The van der Waals surface area contributed by atoms with Crippen LogP contribution in [0.2, 0.25) is 0 Å². The molecule has 0 fully saturated rings. The van der Waals surface area contributed by atoms with Crippen LogP contribution in [0, 0.1) is 0 Å². The average Bonchev–Trinajstić information content (AvgIpc) is 2.51. The zero-order chi connectivity index (χ0) is 14.9. The molecule has 0 N–H and O–H groups in total. The maximum atomic E-state index is 11.9. The van der Waals surface area contributed by atoms with Gasteiger partial charge < -0.3 is 4.57 Å². The van der Waals surface area contributed by atoms with E-state index in [1.165, 1.54) is 5.56 Å². The van der Waals surface area contributed by atoms with Crippen LogP contribution in [0.3, 0.4) is 0 Å². The molecule has 1 amide bonds. The first-order valence-corrected chi connectivity index (χ1v) is 7.56. The molecule has 3 nitrogen and oxygen atoms in total. The molecule has 0 saturated carbocycles. The van der Waals surface area contributed by atoms with Gasteiger partial charge in [-0.2, -0.15) is 4.99 Å². The van der Waals surface area contributed by atoms with E-state index in [1.54, 1.807) is 0 Å². The molecule has 21 heavy (non-hydrogen) atoms. The number of benzene rings is 1. The van der Waals surface area contributed by atoms with Crippen LogP contribution in [0.15, 0.2) is 59.7 Å². The highest BCUT2D eigenvalue weighted by atomic mass is 16.1. The second kappa shape index (κ2) is 8.20. The van der Waals surface area contributed by atoms with Crippen LogP contribution in [0.25, 0.3) is 0 Å². The highest BCUT2D eigenvalue weighted by Gasteiger charge is 2.00. The third-order valence-corrected chi connectivity index (χ3v) is 3.35. The monoisotopic (exact) mass is 282 g/mol. The predicted molar refractivity (Wildman–Crippen MR) is 84.7 cm³/mol. The van der Waals surface area contributed by atoms with E-state index in [0.717, 1.165) is 31.3 Å².